The second-order valence-electron chi connectivity index (χ2n) is 7.16. The van der Waals surface area contributed by atoms with Crippen molar-refractivity contribution in [3.63, 3.8) is 0 Å². The lowest BCUT2D eigenvalue weighted by Gasteiger charge is -2.13. The van der Waals surface area contributed by atoms with E-state index in [4.69, 9.17) is 28.2 Å². The molecule has 0 aliphatic carbocycles. The first-order valence-electron chi connectivity index (χ1n) is 9.78. The fraction of sp³-hybridized carbons (Fsp3) is 0.0417. The summed E-state index contributed by atoms with van der Waals surface area (Å²) in [6.07, 6.45) is 0. The van der Waals surface area contributed by atoms with E-state index in [0.29, 0.717) is 27.5 Å². The molecule has 4 aromatic rings. The lowest BCUT2D eigenvalue weighted by Crippen LogP contribution is -2.34. The number of nitrogens with one attached hydrogen (secondary N) is 3. The molecule has 9 heteroatoms. The number of fused-ring (bicyclic) bond motifs is 1. The summed E-state index contributed by atoms with van der Waals surface area (Å²) in [5, 5.41) is 9.79. The van der Waals surface area contributed by atoms with Crippen molar-refractivity contribution in [1.82, 2.24) is 5.32 Å². The molecular weight excluding hydrogens is 573 g/mol. The van der Waals surface area contributed by atoms with Crippen molar-refractivity contribution in [3.8, 4) is 0 Å². The number of halogens is 2. The van der Waals surface area contributed by atoms with Gasteiger partial charge in [-0.15, -0.1) is 0 Å². The number of amides is 2. The zero-order valence-electron chi connectivity index (χ0n) is 17.2. The van der Waals surface area contributed by atoms with Gasteiger partial charge >= 0.3 is 0 Å². The number of hydrogen-bond acceptors (Lipinski definition) is 4. The quantitative estimate of drug-likeness (QED) is 0.190. The van der Waals surface area contributed by atoms with E-state index in [9.17, 15) is 9.59 Å². The highest BCUT2D eigenvalue weighted by Crippen LogP contribution is 2.23. The maximum absolute atomic E-state index is 12.6. The molecular formula is C24H17ClIN3O3S. The van der Waals surface area contributed by atoms with Crippen LogP contribution in [0, 0.1) is 10.5 Å². The minimum Gasteiger partial charge on any atom is -0.451 e. The zero-order chi connectivity index (χ0) is 23.5. The van der Waals surface area contributed by atoms with Crippen LogP contribution >= 0.6 is 46.4 Å². The van der Waals surface area contributed by atoms with Gasteiger partial charge in [-0.05, 0) is 95.8 Å². The van der Waals surface area contributed by atoms with E-state index in [1.807, 2.05) is 43.3 Å². The first-order chi connectivity index (χ1) is 15.8. The monoisotopic (exact) mass is 589 g/mol. The number of carbonyl (C=O) groups excluding carboxylic acids is 2. The minimum atomic E-state index is -0.401. The summed E-state index contributed by atoms with van der Waals surface area (Å²) in [5.74, 6) is -0.509. The SMILES string of the molecule is Cc1cc(NC(=S)NC(=O)c2cc(I)ccc2Cl)ccc1NC(=O)c1cc2ccccc2o1. The van der Waals surface area contributed by atoms with Gasteiger partial charge in [0.05, 0.1) is 10.6 Å². The maximum Gasteiger partial charge on any atom is 0.291 e. The Bertz CT molecular complexity index is 1370. The average molecular weight is 590 g/mol. The number of aryl methyl sites for hydroxylation is 1. The first-order valence-corrected chi connectivity index (χ1v) is 11.6. The lowest BCUT2D eigenvalue weighted by molar-refractivity contribution is 0.0975. The molecule has 1 heterocycles. The van der Waals surface area contributed by atoms with Crippen LogP contribution in [-0.4, -0.2) is 16.9 Å². The molecule has 6 nitrogen and oxygen atoms in total. The molecule has 0 atom stereocenters. The standard InChI is InChI=1S/C24H17ClIN3O3S/c1-13-10-16(27-24(33)29-22(30)17-12-15(26)6-8-18(17)25)7-9-19(13)28-23(31)21-11-14-4-2-3-5-20(14)32-21/h2-12H,1H3,(H,28,31)(H2,27,29,30,33). The van der Waals surface area contributed by atoms with Crippen molar-refractivity contribution >= 4 is 85.7 Å². The number of para-hydroxylation sites is 1. The van der Waals surface area contributed by atoms with Crippen molar-refractivity contribution in [1.29, 1.82) is 0 Å². The van der Waals surface area contributed by atoms with E-state index >= 15 is 0 Å². The number of carbonyl (C=O) groups is 2. The predicted octanol–water partition coefficient (Wildman–Crippen LogP) is 6.38. The third kappa shape index (κ3) is 5.52. The molecule has 0 spiro atoms. The van der Waals surface area contributed by atoms with Crippen molar-refractivity contribution in [2.75, 3.05) is 10.6 Å². The van der Waals surface area contributed by atoms with Gasteiger partial charge in [0.1, 0.15) is 5.58 Å². The van der Waals surface area contributed by atoms with Gasteiger partial charge in [-0.2, -0.15) is 0 Å². The molecule has 0 aliphatic rings. The van der Waals surface area contributed by atoms with Gasteiger partial charge in [0, 0.05) is 20.3 Å². The molecule has 0 radical (unpaired) electrons. The third-order valence-corrected chi connectivity index (χ3v) is 5.99. The summed E-state index contributed by atoms with van der Waals surface area (Å²) in [6, 6.07) is 19.6. The second kappa shape index (κ2) is 9.90. The topological polar surface area (TPSA) is 83.4 Å². The molecule has 0 saturated heterocycles. The summed E-state index contributed by atoms with van der Waals surface area (Å²) in [6.45, 7) is 1.85. The average Bonchev–Trinajstić information content (AvgIpc) is 3.21. The van der Waals surface area contributed by atoms with Crippen LogP contribution in [0.1, 0.15) is 26.5 Å². The van der Waals surface area contributed by atoms with Gasteiger partial charge in [0.15, 0.2) is 10.9 Å². The Kier molecular flexibility index (Phi) is 6.96. The van der Waals surface area contributed by atoms with Gasteiger partial charge in [0.2, 0.25) is 0 Å². The van der Waals surface area contributed by atoms with E-state index in [1.54, 1.807) is 30.3 Å². The molecule has 1 aromatic heterocycles. The van der Waals surface area contributed by atoms with Gasteiger partial charge in [0.25, 0.3) is 11.8 Å². The Morgan fingerprint density at radius 1 is 0.970 bits per heavy atom. The summed E-state index contributed by atoms with van der Waals surface area (Å²) in [4.78, 5) is 25.1. The number of rotatable bonds is 4. The molecule has 0 aliphatic heterocycles. The zero-order valence-corrected chi connectivity index (χ0v) is 21.0. The van der Waals surface area contributed by atoms with Gasteiger partial charge in [-0.1, -0.05) is 29.8 Å². The Morgan fingerprint density at radius 2 is 1.76 bits per heavy atom. The van der Waals surface area contributed by atoms with Crippen LogP contribution < -0.4 is 16.0 Å². The number of thiocarbonyl (C=S) groups is 1. The fourth-order valence-corrected chi connectivity index (χ4v) is 4.07. The normalized spacial score (nSPS) is 10.6. The molecule has 3 aromatic carbocycles. The van der Waals surface area contributed by atoms with E-state index in [0.717, 1.165) is 14.5 Å². The first kappa shape index (κ1) is 23.2. The van der Waals surface area contributed by atoms with Crippen LogP contribution in [0.4, 0.5) is 11.4 Å². The van der Waals surface area contributed by atoms with Gasteiger partial charge < -0.3 is 15.1 Å². The Morgan fingerprint density at radius 3 is 2.52 bits per heavy atom. The number of anilines is 2. The van der Waals surface area contributed by atoms with Crippen LogP contribution in [0.2, 0.25) is 5.02 Å². The highest BCUT2D eigenvalue weighted by Gasteiger charge is 2.15. The van der Waals surface area contributed by atoms with Crippen LogP contribution in [0.3, 0.4) is 0 Å². The predicted molar refractivity (Wildman–Crippen MR) is 143 cm³/mol. The van der Waals surface area contributed by atoms with Crippen molar-refractivity contribution in [2.24, 2.45) is 0 Å². The molecule has 3 N–H and O–H groups in total. The van der Waals surface area contributed by atoms with Gasteiger partial charge in [-0.3, -0.25) is 14.9 Å². The highest BCUT2D eigenvalue weighted by molar-refractivity contribution is 14.1. The molecule has 4 rings (SSSR count). The smallest absolute Gasteiger partial charge is 0.291 e. The number of furan rings is 1. The number of hydrogen-bond donors (Lipinski definition) is 3. The van der Waals surface area contributed by atoms with E-state index in [2.05, 4.69) is 38.5 Å². The third-order valence-electron chi connectivity index (χ3n) is 4.78. The van der Waals surface area contributed by atoms with Gasteiger partial charge in [-0.25, -0.2) is 0 Å². The molecule has 2 amide bonds. The lowest BCUT2D eigenvalue weighted by atomic mass is 10.1. The van der Waals surface area contributed by atoms with Crippen molar-refractivity contribution in [3.05, 3.63) is 92.2 Å². The Balaban J connectivity index is 1.40. The highest BCUT2D eigenvalue weighted by atomic mass is 127. The van der Waals surface area contributed by atoms with E-state index in [1.165, 1.54) is 0 Å². The molecule has 166 valence electrons. The summed E-state index contributed by atoms with van der Waals surface area (Å²) >= 11 is 13.5. The van der Waals surface area contributed by atoms with E-state index in [-0.39, 0.29) is 16.8 Å². The van der Waals surface area contributed by atoms with Crippen molar-refractivity contribution in [2.45, 2.75) is 6.92 Å². The largest absolute Gasteiger partial charge is 0.451 e. The molecule has 0 unspecified atom stereocenters. The van der Waals surface area contributed by atoms with Crippen LogP contribution in [0.5, 0.6) is 0 Å². The van der Waals surface area contributed by atoms with Crippen molar-refractivity contribution < 1.29 is 14.0 Å². The summed E-state index contributed by atoms with van der Waals surface area (Å²) in [5.41, 5.74) is 3.09. The fourth-order valence-electron chi connectivity index (χ4n) is 3.16. The molecule has 0 saturated carbocycles. The van der Waals surface area contributed by atoms with Crippen LogP contribution in [0.25, 0.3) is 11.0 Å². The molecule has 33 heavy (non-hydrogen) atoms. The second-order valence-corrected chi connectivity index (χ2v) is 9.23. The van der Waals surface area contributed by atoms with E-state index < -0.39 is 5.91 Å². The Labute approximate surface area is 213 Å². The molecule has 0 bridgehead atoms. The maximum atomic E-state index is 12.6. The minimum absolute atomic E-state index is 0.133. The Hall–Kier alpha value is -2.95. The number of benzene rings is 3. The molecule has 0 fully saturated rings. The summed E-state index contributed by atoms with van der Waals surface area (Å²) in [7, 11) is 0. The summed E-state index contributed by atoms with van der Waals surface area (Å²) < 4.78 is 6.50. The van der Waals surface area contributed by atoms with Crippen LogP contribution in [-0.2, 0) is 0 Å². The van der Waals surface area contributed by atoms with Crippen LogP contribution in [0.15, 0.2) is 71.1 Å².